The van der Waals surface area contributed by atoms with Crippen LogP contribution >= 0.6 is 0 Å². The highest BCUT2D eigenvalue weighted by Crippen LogP contribution is 2.27. The van der Waals surface area contributed by atoms with Gasteiger partial charge in [-0.15, -0.1) is 0 Å². The highest BCUT2D eigenvalue weighted by molar-refractivity contribution is 5.21. The topological polar surface area (TPSA) is 0 Å². The zero-order valence-electron chi connectivity index (χ0n) is 5.78. The van der Waals surface area contributed by atoms with Crippen molar-refractivity contribution in [3.8, 4) is 0 Å². The zero-order chi connectivity index (χ0) is 5.98. The summed E-state index contributed by atoms with van der Waals surface area (Å²) in [6.07, 6.45) is 6.32. The maximum Gasteiger partial charge on any atom is -0.0136 e. The first-order valence-corrected chi connectivity index (χ1v) is 3.50. The van der Waals surface area contributed by atoms with E-state index in [0.29, 0.717) is 0 Å². The molecule has 0 aromatic heterocycles. The second-order valence-corrected chi connectivity index (χ2v) is 2.78. The van der Waals surface area contributed by atoms with E-state index in [1.54, 1.807) is 5.57 Å². The molecule has 0 heterocycles. The van der Waals surface area contributed by atoms with Gasteiger partial charge in [0.25, 0.3) is 0 Å². The van der Waals surface area contributed by atoms with Crippen molar-refractivity contribution in [1.29, 1.82) is 0 Å². The molecule has 0 spiro atoms. The Bertz CT molecular complexity index is 101. The van der Waals surface area contributed by atoms with E-state index in [0.717, 1.165) is 5.92 Å². The monoisotopic (exact) mass is 110 g/mol. The van der Waals surface area contributed by atoms with Crippen LogP contribution in [0.3, 0.4) is 0 Å². The summed E-state index contributed by atoms with van der Waals surface area (Å²) in [5.41, 5.74) is 1.68. The average Bonchev–Trinajstić information content (AvgIpc) is 2.50. The minimum atomic E-state index is 0.920. The molecular weight excluding hydrogens is 96.1 g/mol. The van der Waals surface area contributed by atoms with Crippen LogP contribution in [0.25, 0.3) is 0 Å². The van der Waals surface area contributed by atoms with Gasteiger partial charge in [-0.3, -0.25) is 0 Å². The molecule has 1 atom stereocenters. The molecule has 0 N–H and O–H groups in total. The van der Waals surface area contributed by atoms with Crippen molar-refractivity contribution >= 4 is 0 Å². The van der Waals surface area contributed by atoms with Crippen LogP contribution in [0.4, 0.5) is 0 Å². The Morgan fingerprint density at radius 2 is 2.38 bits per heavy atom. The summed E-state index contributed by atoms with van der Waals surface area (Å²) in [4.78, 5) is 0. The lowest BCUT2D eigenvalue weighted by Crippen LogP contribution is -1.88. The van der Waals surface area contributed by atoms with E-state index in [9.17, 15) is 0 Å². The summed E-state index contributed by atoms with van der Waals surface area (Å²) in [7, 11) is 0. The fourth-order valence-electron chi connectivity index (χ4n) is 0.831. The third-order valence-electron chi connectivity index (χ3n) is 1.80. The molecule has 1 aliphatic carbocycles. The third kappa shape index (κ3) is 1.69. The summed E-state index contributed by atoms with van der Waals surface area (Å²) in [6.45, 7) is 4.58. The van der Waals surface area contributed by atoms with Gasteiger partial charge in [0.2, 0.25) is 0 Å². The smallest absolute Gasteiger partial charge is 0.0136 e. The molecular formula is C8H14. The molecule has 0 saturated heterocycles. The Morgan fingerprint density at radius 3 is 2.75 bits per heavy atom. The molecule has 0 fully saturated rings. The van der Waals surface area contributed by atoms with Gasteiger partial charge in [0, 0.05) is 0 Å². The van der Waals surface area contributed by atoms with Crippen LogP contribution in [-0.4, -0.2) is 0 Å². The number of allylic oxidation sites excluding steroid dienone is 2. The summed E-state index contributed by atoms with van der Waals surface area (Å²) in [5, 5.41) is 0. The molecule has 1 unspecified atom stereocenters. The lowest BCUT2D eigenvalue weighted by atomic mass is 10.0. The first-order valence-electron chi connectivity index (χ1n) is 3.50. The van der Waals surface area contributed by atoms with E-state index in [1.807, 2.05) is 0 Å². The lowest BCUT2D eigenvalue weighted by molar-refractivity contribution is 0.563. The van der Waals surface area contributed by atoms with Gasteiger partial charge in [-0.25, -0.2) is 0 Å². The molecule has 0 amide bonds. The number of hydrogen-bond donors (Lipinski definition) is 0. The van der Waals surface area contributed by atoms with E-state index in [-0.39, 0.29) is 0 Å². The maximum absolute atomic E-state index is 2.33. The molecule has 8 heavy (non-hydrogen) atoms. The van der Waals surface area contributed by atoms with Gasteiger partial charge < -0.3 is 0 Å². The van der Waals surface area contributed by atoms with E-state index < -0.39 is 0 Å². The fourth-order valence-corrected chi connectivity index (χ4v) is 0.831. The predicted octanol–water partition coefficient (Wildman–Crippen LogP) is 2.75. The zero-order valence-corrected chi connectivity index (χ0v) is 5.78. The van der Waals surface area contributed by atoms with Crippen LogP contribution in [-0.2, 0) is 0 Å². The molecule has 0 radical (unpaired) electrons. The predicted molar refractivity (Wildman–Crippen MR) is 36.8 cm³/mol. The normalized spacial score (nSPS) is 20.0. The molecule has 1 aliphatic rings. The Labute approximate surface area is 51.6 Å². The Morgan fingerprint density at radius 1 is 1.75 bits per heavy atom. The number of hydrogen-bond acceptors (Lipinski definition) is 0. The third-order valence-corrected chi connectivity index (χ3v) is 1.80. The summed E-state index contributed by atoms with van der Waals surface area (Å²) in [6, 6.07) is 0. The van der Waals surface area contributed by atoms with Crippen molar-refractivity contribution in [3.05, 3.63) is 11.6 Å². The van der Waals surface area contributed by atoms with Crippen LogP contribution in [0.1, 0.15) is 33.1 Å². The molecule has 0 saturated carbocycles. The van der Waals surface area contributed by atoms with Gasteiger partial charge in [-0.1, -0.05) is 31.9 Å². The average molecular weight is 110 g/mol. The second kappa shape index (κ2) is 2.34. The molecule has 0 heteroatoms. The van der Waals surface area contributed by atoms with E-state index in [4.69, 9.17) is 0 Å². The Hall–Kier alpha value is -0.260. The van der Waals surface area contributed by atoms with Crippen LogP contribution < -0.4 is 0 Å². The Balaban J connectivity index is 2.07. The molecule has 0 aromatic carbocycles. The largest absolute Gasteiger partial charge is 0.0809 e. The van der Waals surface area contributed by atoms with E-state index in [1.165, 1.54) is 19.3 Å². The second-order valence-electron chi connectivity index (χ2n) is 2.78. The van der Waals surface area contributed by atoms with Gasteiger partial charge in [-0.05, 0) is 18.8 Å². The first-order chi connectivity index (χ1) is 3.83. The van der Waals surface area contributed by atoms with Gasteiger partial charge in [-0.2, -0.15) is 0 Å². The van der Waals surface area contributed by atoms with Crippen LogP contribution in [0, 0.1) is 5.92 Å². The van der Waals surface area contributed by atoms with Crippen molar-refractivity contribution in [2.75, 3.05) is 0 Å². The van der Waals surface area contributed by atoms with E-state index in [2.05, 4.69) is 19.9 Å². The minimum absolute atomic E-state index is 0.920. The van der Waals surface area contributed by atoms with Gasteiger partial charge >= 0.3 is 0 Å². The molecule has 46 valence electrons. The maximum atomic E-state index is 2.33. The van der Waals surface area contributed by atoms with Crippen molar-refractivity contribution in [3.63, 3.8) is 0 Å². The van der Waals surface area contributed by atoms with Gasteiger partial charge in [0.15, 0.2) is 0 Å². The van der Waals surface area contributed by atoms with Gasteiger partial charge in [0.1, 0.15) is 0 Å². The van der Waals surface area contributed by atoms with E-state index >= 15 is 0 Å². The lowest BCUT2D eigenvalue weighted by Gasteiger charge is -2.02. The van der Waals surface area contributed by atoms with Crippen molar-refractivity contribution in [2.24, 2.45) is 5.92 Å². The quantitative estimate of drug-likeness (QED) is 0.490. The molecule has 0 bridgehead atoms. The van der Waals surface area contributed by atoms with Gasteiger partial charge in [0.05, 0.1) is 0 Å². The van der Waals surface area contributed by atoms with Crippen molar-refractivity contribution in [1.82, 2.24) is 0 Å². The van der Waals surface area contributed by atoms with Crippen LogP contribution in [0.2, 0.25) is 0 Å². The first kappa shape index (κ1) is 5.87. The SMILES string of the molecule is CCC(C)CC1=CC1. The number of rotatable bonds is 3. The fraction of sp³-hybridized carbons (Fsp3) is 0.750. The van der Waals surface area contributed by atoms with Crippen molar-refractivity contribution in [2.45, 2.75) is 33.1 Å². The molecule has 0 aromatic rings. The summed E-state index contributed by atoms with van der Waals surface area (Å²) in [5.74, 6) is 0.920. The summed E-state index contributed by atoms with van der Waals surface area (Å²) < 4.78 is 0. The van der Waals surface area contributed by atoms with Crippen LogP contribution in [0.15, 0.2) is 11.6 Å². The van der Waals surface area contributed by atoms with Crippen LogP contribution in [0.5, 0.6) is 0 Å². The molecule has 0 nitrogen and oxygen atoms in total. The summed E-state index contributed by atoms with van der Waals surface area (Å²) >= 11 is 0. The molecule has 0 aliphatic heterocycles. The standard InChI is InChI=1S/C8H14/c1-3-7(2)6-8-4-5-8/h4,7H,3,5-6H2,1-2H3. The Kier molecular flexibility index (Phi) is 1.72. The highest BCUT2D eigenvalue weighted by atomic mass is 14.1. The minimum Gasteiger partial charge on any atom is -0.0809 e. The molecule has 1 rings (SSSR count). The highest BCUT2D eigenvalue weighted by Gasteiger charge is 2.09. The van der Waals surface area contributed by atoms with Crippen molar-refractivity contribution < 1.29 is 0 Å².